The van der Waals surface area contributed by atoms with Gasteiger partial charge in [-0.1, -0.05) is 13.8 Å². The average Bonchev–Trinajstić information content (AvgIpc) is 2.79. The van der Waals surface area contributed by atoms with E-state index < -0.39 is 0 Å². The summed E-state index contributed by atoms with van der Waals surface area (Å²) in [5.74, 6) is 6.43. The molecule has 0 amide bonds. The molecule has 0 aromatic carbocycles. The van der Waals surface area contributed by atoms with Crippen molar-refractivity contribution < 1.29 is 4.74 Å². The molecule has 0 fully saturated rings. The minimum Gasteiger partial charge on any atom is -0.383 e. The van der Waals surface area contributed by atoms with E-state index in [9.17, 15) is 0 Å². The molecule has 7 heteroatoms. The van der Waals surface area contributed by atoms with Gasteiger partial charge in [0.25, 0.3) is 0 Å². The fraction of sp³-hybridized carbons (Fsp3) is 0.636. The summed E-state index contributed by atoms with van der Waals surface area (Å²) < 4.78 is 6.78. The molecule has 0 aliphatic rings. The van der Waals surface area contributed by atoms with Crippen LogP contribution < -0.4 is 16.6 Å². The van der Waals surface area contributed by atoms with Crippen molar-refractivity contribution >= 4 is 11.6 Å². The van der Waals surface area contributed by atoms with E-state index in [1.54, 1.807) is 18.0 Å². The number of hydrogen-bond donors (Lipinski definition) is 3. The van der Waals surface area contributed by atoms with Crippen LogP contribution in [0, 0.1) is 5.92 Å². The third-order valence-electron chi connectivity index (χ3n) is 2.17. The summed E-state index contributed by atoms with van der Waals surface area (Å²) >= 11 is 0. The highest BCUT2D eigenvalue weighted by Gasteiger charge is 2.02. The molecule has 102 valence electrons. The van der Waals surface area contributed by atoms with E-state index in [1.165, 1.54) is 0 Å². The Bertz CT molecular complexity index is 373. The molecule has 1 heterocycles. The summed E-state index contributed by atoms with van der Waals surface area (Å²) in [5.41, 5.74) is 3.37. The molecule has 0 unspecified atom stereocenters. The third kappa shape index (κ3) is 5.15. The molecular formula is C11H22N6O. The summed E-state index contributed by atoms with van der Waals surface area (Å²) in [6, 6.07) is 0. The van der Waals surface area contributed by atoms with Gasteiger partial charge in [-0.2, -0.15) is 5.10 Å². The van der Waals surface area contributed by atoms with Gasteiger partial charge in [0.15, 0.2) is 0 Å². The van der Waals surface area contributed by atoms with E-state index in [1.807, 2.05) is 6.20 Å². The SMILES string of the molecule is COCCn1cc(NC(=NCC(C)C)NN)cn1. The Morgan fingerprint density at radius 1 is 1.61 bits per heavy atom. The smallest absolute Gasteiger partial charge is 0.210 e. The predicted molar refractivity (Wildman–Crippen MR) is 72.2 cm³/mol. The van der Waals surface area contributed by atoms with E-state index in [4.69, 9.17) is 10.6 Å². The number of nitrogens with one attached hydrogen (secondary N) is 2. The number of hydrogen-bond acceptors (Lipinski definition) is 4. The van der Waals surface area contributed by atoms with Gasteiger partial charge in [0, 0.05) is 19.9 Å². The van der Waals surface area contributed by atoms with E-state index in [0.29, 0.717) is 31.6 Å². The van der Waals surface area contributed by atoms with E-state index in [2.05, 4.69) is 34.7 Å². The van der Waals surface area contributed by atoms with Crippen molar-refractivity contribution in [1.82, 2.24) is 15.2 Å². The molecule has 0 radical (unpaired) electrons. The first kappa shape index (κ1) is 14.5. The molecular weight excluding hydrogens is 232 g/mol. The van der Waals surface area contributed by atoms with Crippen LogP contribution in [-0.4, -0.2) is 36.0 Å². The molecule has 1 rings (SSSR count). The largest absolute Gasteiger partial charge is 0.383 e. The first-order valence-corrected chi connectivity index (χ1v) is 5.95. The Balaban J connectivity index is 2.53. The number of anilines is 1. The van der Waals surface area contributed by atoms with Crippen molar-refractivity contribution in [2.75, 3.05) is 25.6 Å². The highest BCUT2D eigenvalue weighted by atomic mass is 16.5. The number of aliphatic imine (C=N–C) groups is 1. The second kappa shape index (κ2) is 7.67. The third-order valence-corrected chi connectivity index (χ3v) is 2.17. The molecule has 0 saturated carbocycles. The number of hydrazine groups is 1. The van der Waals surface area contributed by atoms with Gasteiger partial charge in [-0.25, -0.2) is 5.84 Å². The molecule has 1 aromatic heterocycles. The predicted octanol–water partition coefficient (Wildman–Crippen LogP) is 0.417. The number of rotatable bonds is 6. The van der Waals surface area contributed by atoms with Crippen LogP contribution in [0.1, 0.15) is 13.8 Å². The Morgan fingerprint density at radius 2 is 2.39 bits per heavy atom. The van der Waals surface area contributed by atoms with Crippen molar-refractivity contribution in [3.8, 4) is 0 Å². The number of nitrogens with zero attached hydrogens (tertiary/aromatic N) is 3. The van der Waals surface area contributed by atoms with Gasteiger partial charge in [-0.05, 0) is 5.92 Å². The van der Waals surface area contributed by atoms with Gasteiger partial charge in [0.05, 0.1) is 25.0 Å². The van der Waals surface area contributed by atoms with Crippen LogP contribution >= 0.6 is 0 Å². The van der Waals surface area contributed by atoms with Crippen LogP contribution in [0.3, 0.4) is 0 Å². The monoisotopic (exact) mass is 254 g/mol. The standard InChI is InChI=1S/C11H22N6O/c1-9(2)6-13-11(16-12)15-10-7-14-17(8-10)4-5-18-3/h7-9H,4-6,12H2,1-3H3,(H2,13,15,16). The summed E-state index contributed by atoms with van der Waals surface area (Å²) in [5, 5.41) is 7.26. The van der Waals surface area contributed by atoms with Gasteiger partial charge in [-0.3, -0.25) is 15.1 Å². The Kier molecular flexibility index (Phi) is 6.16. The highest BCUT2D eigenvalue weighted by molar-refractivity contribution is 5.92. The number of guanidine groups is 1. The van der Waals surface area contributed by atoms with Gasteiger partial charge >= 0.3 is 0 Å². The topological polar surface area (TPSA) is 89.5 Å². The zero-order valence-corrected chi connectivity index (χ0v) is 11.2. The fourth-order valence-corrected chi connectivity index (χ4v) is 1.27. The molecule has 0 spiro atoms. The molecule has 0 atom stereocenters. The van der Waals surface area contributed by atoms with Gasteiger partial charge in [0.1, 0.15) is 0 Å². The van der Waals surface area contributed by atoms with E-state index in [0.717, 1.165) is 5.69 Å². The summed E-state index contributed by atoms with van der Waals surface area (Å²) in [6.45, 7) is 6.25. The molecule has 18 heavy (non-hydrogen) atoms. The maximum atomic E-state index is 5.40. The van der Waals surface area contributed by atoms with Crippen molar-refractivity contribution in [2.24, 2.45) is 16.8 Å². The quantitative estimate of drug-likeness (QED) is 0.296. The average molecular weight is 254 g/mol. The summed E-state index contributed by atoms with van der Waals surface area (Å²) in [4.78, 5) is 4.32. The van der Waals surface area contributed by atoms with Crippen molar-refractivity contribution in [3.63, 3.8) is 0 Å². The second-order valence-corrected chi connectivity index (χ2v) is 4.34. The highest BCUT2D eigenvalue weighted by Crippen LogP contribution is 2.04. The number of nitrogens with two attached hydrogens (primary N) is 1. The van der Waals surface area contributed by atoms with Gasteiger partial charge < -0.3 is 10.1 Å². The fourth-order valence-electron chi connectivity index (χ4n) is 1.27. The molecule has 0 aliphatic carbocycles. The Labute approximate surface area is 107 Å². The van der Waals surface area contributed by atoms with Crippen LogP contribution in [0.15, 0.2) is 17.4 Å². The normalized spacial score (nSPS) is 11.9. The molecule has 0 saturated heterocycles. The lowest BCUT2D eigenvalue weighted by atomic mass is 10.2. The van der Waals surface area contributed by atoms with Crippen molar-refractivity contribution in [1.29, 1.82) is 0 Å². The number of ether oxygens (including phenoxy) is 1. The Hall–Kier alpha value is -1.60. The molecule has 1 aromatic rings. The zero-order valence-electron chi connectivity index (χ0n) is 11.2. The maximum absolute atomic E-state index is 5.40. The molecule has 0 aliphatic heterocycles. The van der Waals surface area contributed by atoms with Gasteiger partial charge in [-0.15, -0.1) is 0 Å². The maximum Gasteiger partial charge on any atom is 0.210 e. The Morgan fingerprint density at radius 3 is 3.00 bits per heavy atom. The van der Waals surface area contributed by atoms with Crippen LogP contribution in [0.2, 0.25) is 0 Å². The molecule has 7 nitrogen and oxygen atoms in total. The van der Waals surface area contributed by atoms with E-state index in [-0.39, 0.29) is 0 Å². The van der Waals surface area contributed by atoms with Gasteiger partial charge in [0.2, 0.25) is 5.96 Å². The summed E-state index contributed by atoms with van der Waals surface area (Å²) in [6.07, 6.45) is 3.60. The van der Waals surface area contributed by atoms with Crippen LogP contribution in [0.25, 0.3) is 0 Å². The van der Waals surface area contributed by atoms with E-state index >= 15 is 0 Å². The van der Waals surface area contributed by atoms with Crippen molar-refractivity contribution in [3.05, 3.63) is 12.4 Å². The lowest BCUT2D eigenvalue weighted by Crippen LogP contribution is -2.36. The zero-order chi connectivity index (χ0) is 13.4. The van der Waals surface area contributed by atoms with Crippen LogP contribution in [0.4, 0.5) is 5.69 Å². The van der Waals surface area contributed by atoms with Crippen LogP contribution in [-0.2, 0) is 11.3 Å². The van der Waals surface area contributed by atoms with Crippen LogP contribution in [0.5, 0.6) is 0 Å². The second-order valence-electron chi connectivity index (χ2n) is 4.34. The molecule has 4 N–H and O–H groups in total. The first-order chi connectivity index (χ1) is 8.65. The van der Waals surface area contributed by atoms with Crippen molar-refractivity contribution in [2.45, 2.75) is 20.4 Å². The minimum absolute atomic E-state index is 0.486. The lowest BCUT2D eigenvalue weighted by Gasteiger charge is -2.07. The number of methoxy groups -OCH3 is 1. The molecule has 0 bridgehead atoms. The lowest BCUT2D eigenvalue weighted by molar-refractivity contribution is 0.183. The first-order valence-electron chi connectivity index (χ1n) is 5.95. The number of aromatic nitrogens is 2. The summed E-state index contributed by atoms with van der Waals surface area (Å²) in [7, 11) is 1.66. The minimum atomic E-state index is 0.486.